The Morgan fingerprint density at radius 3 is 2.80 bits per heavy atom. The molecule has 1 saturated carbocycles. The molecule has 3 nitrogen and oxygen atoms in total. The minimum Gasteiger partial charge on any atom is -0.314 e. The van der Waals surface area contributed by atoms with E-state index >= 15 is 0 Å². The van der Waals surface area contributed by atoms with Crippen LogP contribution in [0.2, 0.25) is 0 Å². The second kappa shape index (κ2) is 6.76. The summed E-state index contributed by atoms with van der Waals surface area (Å²) >= 11 is 0. The van der Waals surface area contributed by atoms with Crippen LogP contribution in [-0.4, -0.2) is 60.1 Å². The summed E-state index contributed by atoms with van der Waals surface area (Å²) in [6, 6.07) is 3.27. The summed E-state index contributed by atoms with van der Waals surface area (Å²) in [7, 11) is 0. The molecule has 0 amide bonds. The average Bonchev–Trinajstić information content (AvgIpc) is 2.93. The zero-order valence-electron chi connectivity index (χ0n) is 13.5. The van der Waals surface area contributed by atoms with Crippen LogP contribution in [-0.2, 0) is 0 Å². The predicted molar refractivity (Wildman–Crippen MR) is 85.1 cm³/mol. The van der Waals surface area contributed by atoms with Gasteiger partial charge < -0.3 is 5.32 Å². The van der Waals surface area contributed by atoms with Gasteiger partial charge in [0.05, 0.1) is 0 Å². The summed E-state index contributed by atoms with van der Waals surface area (Å²) in [5.41, 5.74) is 0. The fourth-order valence-electron chi connectivity index (χ4n) is 4.68. The van der Waals surface area contributed by atoms with E-state index in [1.165, 1.54) is 71.1 Å². The summed E-state index contributed by atoms with van der Waals surface area (Å²) in [5, 5.41) is 3.73. The second-order valence-electron chi connectivity index (χ2n) is 7.31. The van der Waals surface area contributed by atoms with E-state index in [-0.39, 0.29) is 0 Å². The van der Waals surface area contributed by atoms with E-state index in [1.54, 1.807) is 0 Å². The lowest BCUT2D eigenvalue weighted by molar-refractivity contribution is -0.00679. The Labute approximate surface area is 125 Å². The van der Waals surface area contributed by atoms with Gasteiger partial charge in [-0.15, -0.1) is 0 Å². The number of piperazine rings is 1. The highest BCUT2D eigenvalue weighted by atomic mass is 15.3. The largest absolute Gasteiger partial charge is 0.314 e. The van der Waals surface area contributed by atoms with E-state index < -0.39 is 0 Å². The monoisotopic (exact) mass is 279 g/mol. The summed E-state index contributed by atoms with van der Waals surface area (Å²) in [6.45, 7) is 9.93. The topological polar surface area (TPSA) is 18.5 Å². The summed E-state index contributed by atoms with van der Waals surface area (Å²) in [6.07, 6.45) is 9.77. The van der Waals surface area contributed by atoms with Crippen LogP contribution in [0.4, 0.5) is 0 Å². The number of rotatable bonds is 4. The van der Waals surface area contributed by atoms with Crippen molar-refractivity contribution in [2.45, 2.75) is 83.0 Å². The lowest BCUT2D eigenvalue weighted by Crippen LogP contribution is -2.60. The standard InChI is InChI=1S/C17H33N3/c1-3-9-18-15-7-8-16(11-15)20-13-17-6-4-5-10-19(17)12-14(20)2/h14-18H,3-13H2,1-2H3. The molecule has 20 heavy (non-hydrogen) atoms. The molecule has 0 aromatic carbocycles. The minimum atomic E-state index is 0.763. The maximum atomic E-state index is 3.73. The molecule has 2 heterocycles. The number of nitrogens with one attached hydrogen (secondary N) is 1. The number of fused-ring (bicyclic) bond motifs is 1. The molecule has 3 heteroatoms. The molecule has 3 fully saturated rings. The molecule has 1 aliphatic carbocycles. The highest BCUT2D eigenvalue weighted by molar-refractivity contribution is 4.95. The number of nitrogens with zero attached hydrogens (tertiary/aromatic N) is 2. The van der Waals surface area contributed by atoms with Crippen LogP contribution >= 0.6 is 0 Å². The molecule has 4 atom stereocenters. The molecule has 0 aromatic rings. The molecule has 2 saturated heterocycles. The zero-order valence-corrected chi connectivity index (χ0v) is 13.5. The predicted octanol–water partition coefficient (Wildman–Crippen LogP) is 2.47. The van der Waals surface area contributed by atoms with Crippen molar-refractivity contribution in [3.05, 3.63) is 0 Å². The molecule has 4 unspecified atom stereocenters. The van der Waals surface area contributed by atoms with Gasteiger partial charge in [-0.2, -0.15) is 0 Å². The van der Waals surface area contributed by atoms with Crippen molar-refractivity contribution in [3.63, 3.8) is 0 Å². The Hall–Kier alpha value is -0.120. The van der Waals surface area contributed by atoms with Gasteiger partial charge >= 0.3 is 0 Å². The summed E-state index contributed by atoms with van der Waals surface area (Å²) in [4.78, 5) is 5.63. The van der Waals surface area contributed by atoms with E-state index in [4.69, 9.17) is 0 Å². The Kier molecular flexibility index (Phi) is 5.00. The first-order valence-corrected chi connectivity index (χ1v) is 9.01. The molecule has 0 radical (unpaired) electrons. The first-order chi connectivity index (χ1) is 9.78. The molecule has 0 spiro atoms. The SMILES string of the molecule is CCCNC1CCC(N2CC3CCCCN3CC2C)C1. The third-order valence-electron chi connectivity index (χ3n) is 5.79. The number of piperidine rings is 1. The maximum absolute atomic E-state index is 3.73. The molecular formula is C17H33N3. The van der Waals surface area contributed by atoms with E-state index in [0.717, 1.165) is 24.2 Å². The Morgan fingerprint density at radius 2 is 1.95 bits per heavy atom. The van der Waals surface area contributed by atoms with Crippen LogP contribution in [0.15, 0.2) is 0 Å². The van der Waals surface area contributed by atoms with Crippen LogP contribution in [0.5, 0.6) is 0 Å². The molecule has 1 N–H and O–H groups in total. The van der Waals surface area contributed by atoms with E-state index in [1.807, 2.05) is 0 Å². The maximum Gasteiger partial charge on any atom is 0.0224 e. The Bertz CT molecular complexity index is 307. The van der Waals surface area contributed by atoms with Gasteiger partial charge in [0.1, 0.15) is 0 Å². The second-order valence-corrected chi connectivity index (χ2v) is 7.31. The smallest absolute Gasteiger partial charge is 0.0224 e. The van der Waals surface area contributed by atoms with Crippen molar-refractivity contribution in [3.8, 4) is 0 Å². The van der Waals surface area contributed by atoms with Gasteiger partial charge in [-0.1, -0.05) is 13.3 Å². The number of hydrogen-bond acceptors (Lipinski definition) is 3. The van der Waals surface area contributed by atoms with Gasteiger partial charge in [0.2, 0.25) is 0 Å². The van der Waals surface area contributed by atoms with Crippen molar-refractivity contribution < 1.29 is 0 Å². The lowest BCUT2D eigenvalue weighted by atomic mass is 9.95. The first-order valence-electron chi connectivity index (χ1n) is 9.01. The minimum absolute atomic E-state index is 0.763. The van der Waals surface area contributed by atoms with Crippen molar-refractivity contribution >= 4 is 0 Å². The average molecular weight is 279 g/mol. The van der Waals surface area contributed by atoms with Crippen molar-refractivity contribution in [2.24, 2.45) is 0 Å². The van der Waals surface area contributed by atoms with Gasteiger partial charge in [-0.25, -0.2) is 0 Å². The van der Waals surface area contributed by atoms with E-state index in [9.17, 15) is 0 Å². The Morgan fingerprint density at radius 1 is 1.05 bits per heavy atom. The van der Waals surface area contributed by atoms with E-state index in [2.05, 4.69) is 29.0 Å². The third-order valence-corrected chi connectivity index (χ3v) is 5.79. The van der Waals surface area contributed by atoms with Crippen LogP contribution in [0, 0.1) is 0 Å². The van der Waals surface area contributed by atoms with E-state index in [0.29, 0.717) is 0 Å². The lowest BCUT2D eigenvalue weighted by Gasteiger charge is -2.49. The van der Waals surface area contributed by atoms with Crippen molar-refractivity contribution in [1.82, 2.24) is 15.1 Å². The third kappa shape index (κ3) is 3.20. The molecule has 3 aliphatic rings. The highest BCUT2D eigenvalue weighted by Crippen LogP contribution is 2.31. The molecular weight excluding hydrogens is 246 g/mol. The highest BCUT2D eigenvalue weighted by Gasteiger charge is 2.38. The normalized spacial score (nSPS) is 39.9. The van der Waals surface area contributed by atoms with Crippen LogP contribution in [0.3, 0.4) is 0 Å². The van der Waals surface area contributed by atoms with Crippen molar-refractivity contribution in [1.29, 1.82) is 0 Å². The van der Waals surface area contributed by atoms with Gasteiger partial charge in [-0.05, 0) is 58.5 Å². The zero-order chi connectivity index (χ0) is 13.9. The van der Waals surface area contributed by atoms with Gasteiger partial charge in [0.25, 0.3) is 0 Å². The molecule has 3 rings (SSSR count). The quantitative estimate of drug-likeness (QED) is 0.853. The van der Waals surface area contributed by atoms with Gasteiger partial charge in [0.15, 0.2) is 0 Å². The first kappa shape index (κ1) is 14.8. The van der Waals surface area contributed by atoms with Crippen molar-refractivity contribution in [2.75, 3.05) is 26.2 Å². The van der Waals surface area contributed by atoms with Crippen LogP contribution in [0.25, 0.3) is 0 Å². The fraction of sp³-hybridized carbons (Fsp3) is 1.00. The van der Waals surface area contributed by atoms with Gasteiger partial charge in [0, 0.05) is 37.3 Å². The van der Waals surface area contributed by atoms with Crippen LogP contribution in [0.1, 0.15) is 58.8 Å². The molecule has 116 valence electrons. The summed E-state index contributed by atoms with van der Waals surface area (Å²) in [5.74, 6) is 0. The van der Waals surface area contributed by atoms with Crippen LogP contribution < -0.4 is 5.32 Å². The fourth-order valence-corrected chi connectivity index (χ4v) is 4.68. The Balaban J connectivity index is 1.54. The molecule has 0 aromatic heterocycles. The number of hydrogen-bond donors (Lipinski definition) is 1. The summed E-state index contributed by atoms with van der Waals surface area (Å²) < 4.78 is 0. The van der Waals surface area contributed by atoms with Gasteiger partial charge in [-0.3, -0.25) is 9.80 Å². The molecule has 0 bridgehead atoms. The molecule has 2 aliphatic heterocycles.